The second kappa shape index (κ2) is 9.65. The highest BCUT2D eigenvalue weighted by Gasteiger charge is 2.28. The minimum Gasteiger partial charge on any atom is -0.437 e. The van der Waals surface area contributed by atoms with Crippen molar-refractivity contribution in [3.05, 3.63) is 72.8 Å². The molecular formula is C24H25N5O2S. The molecule has 32 heavy (non-hydrogen) atoms. The van der Waals surface area contributed by atoms with E-state index in [0.717, 1.165) is 27.5 Å². The number of benzene rings is 2. The number of likely N-dealkylation sites (tertiary alicyclic amines) is 1. The maximum absolute atomic E-state index is 11.6. The van der Waals surface area contributed by atoms with Gasteiger partial charge in [-0.2, -0.15) is 0 Å². The number of amides is 1. The summed E-state index contributed by atoms with van der Waals surface area (Å²) in [7, 11) is 0. The normalized spacial score (nSPS) is 16.9. The van der Waals surface area contributed by atoms with Gasteiger partial charge in [-0.15, -0.1) is 0 Å². The predicted molar refractivity (Wildman–Crippen MR) is 130 cm³/mol. The van der Waals surface area contributed by atoms with Gasteiger partial charge in [0.1, 0.15) is 5.75 Å². The number of thiazole rings is 1. The minimum atomic E-state index is 0.0100. The van der Waals surface area contributed by atoms with Crippen LogP contribution in [-0.4, -0.2) is 35.1 Å². The van der Waals surface area contributed by atoms with Crippen molar-refractivity contribution in [3.8, 4) is 5.75 Å². The molecule has 7 nitrogen and oxygen atoms in total. The van der Waals surface area contributed by atoms with Crippen LogP contribution in [0.25, 0.3) is 10.2 Å². The van der Waals surface area contributed by atoms with E-state index in [-0.39, 0.29) is 11.8 Å². The fourth-order valence-corrected chi connectivity index (χ4v) is 4.41. The number of nitrogens with one attached hydrogen (secondary N) is 1. The average molecular weight is 448 g/mol. The van der Waals surface area contributed by atoms with E-state index >= 15 is 0 Å². The lowest BCUT2D eigenvalue weighted by Gasteiger charge is -2.16. The highest BCUT2D eigenvalue weighted by atomic mass is 32.1. The molecule has 1 amide bonds. The molecule has 3 N–H and O–H groups in total. The number of nitrogens with zero attached hydrogens (tertiary/aromatic N) is 3. The Hall–Kier alpha value is -3.65. The highest BCUT2D eigenvalue weighted by molar-refractivity contribution is 7.22. The fourth-order valence-electron chi connectivity index (χ4n) is 3.52. The molecule has 1 fully saturated rings. The summed E-state index contributed by atoms with van der Waals surface area (Å²) in [5.41, 5.74) is 8.80. The standard InChI is InChI=1S/C24H25N5O2S/c1-3-13-26-23(22(25)17-12-14-29(15-17)16(2)30)31-19-10-8-18(9-11-19)27-24-28-20-6-4-5-7-21(20)32-24/h3-11,13,17H,1,12,14-15,25H2,2H3,(H,27,28)/b23-22+,26-13?/t17-/m0/s1. The van der Waals surface area contributed by atoms with Crippen molar-refractivity contribution in [2.75, 3.05) is 18.4 Å². The van der Waals surface area contributed by atoms with Crippen LogP contribution in [0.2, 0.25) is 0 Å². The van der Waals surface area contributed by atoms with Crippen molar-refractivity contribution >= 4 is 44.5 Å². The van der Waals surface area contributed by atoms with Crippen molar-refractivity contribution < 1.29 is 9.53 Å². The van der Waals surface area contributed by atoms with Crippen LogP contribution in [-0.2, 0) is 4.79 Å². The zero-order valence-corrected chi connectivity index (χ0v) is 18.6. The molecule has 3 aromatic rings. The number of ether oxygens (including phenoxy) is 1. The molecule has 0 aliphatic carbocycles. The molecule has 0 radical (unpaired) electrons. The van der Waals surface area contributed by atoms with E-state index in [4.69, 9.17) is 10.5 Å². The number of para-hydroxylation sites is 1. The summed E-state index contributed by atoms with van der Waals surface area (Å²) >= 11 is 1.60. The van der Waals surface area contributed by atoms with E-state index in [9.17, 15) is 4.79 Å². The Morgan fingerprint density at radius 1 is 1.31 bits per heavy atom. The summed E-state index contributed by atoms with van der Waals surface area (Å²) in [6.45, 7) is 6.49. The van der Waals surface area contributed by atoms with Crippen LogP contribution in [0.4, 0.5) is 10.8 Å². The van der Waals surface area contributed by atoms with Gasteiger partial charge >= 0.3 is 0 Å². The smallest absolute Gasteiger partial charge is 0.238 e. The summed E-state index contributed by atoms with van der Waals surface area (Å²) in [5.74, 6) is 0.997. The topological polar surface area (TPSA) is 92.8 Å². The fraction of sp³-hybridized carbons (Fsp3) is 0.208. The third-order valence-electron chi connectivity index (χ3n) is 5.23. The van der Waals surface area contributed by atoms with Gasteiger partial charge in [0.05, 0.1) is 15.9 Å². The lowest BCUT2D eigenvalue weighted by molar-refractivity contribution is -0.127. The second-order valence-corrected chi connectivity index (χ2v) is 8.49. The van der Waals surface area contributed by atoms with Gasteiger partial charge < -0.3 is 20.7 Å². The minimum absolute atomic E-state index is 0.0100. The maximum atomic E-state index is 11.6. The molecular weight excluding hydrogens is 422 g/mol. The average Bonchev–Trinajstić information content (AvgIpc) is 3.44. The van der Waals surface area contributed by atoms with Crippen LogP contribution < -0.4 is 15.8 Å². The van der Waals surface area contributed by atoms with Gasteiger partial charge in [-0.3, -0.25) is 4.79 Å². The van der Waals surface area contributed by atoms with Gasteiger partial charge in [-0.25, -0.2) is 9.98 Å². The molecule has 2 heterocycles. The van der Waals surface area contributed by atoms with Crippen LogP contribution in [0.1, 0.15) is 13.3 Å². The number of hydrogen-bond acceptors (Lipinski definition) is 7. The van der Waals surface area contributed by atoms with Crippen LogP contribution in [0.3, 0.4) is 0 Å². The molecule has 0 bridgehead atoms. The lowest BCUT2D eigenvalue weighted by Crippen LogP contribution is -2.27. The SMILES string of the molecule is C=CC=N/C(Oc1ccc(Nc2nc3ccccc3s2)cc1)=C(\N)[C@H]1CCN(C(C)=O)C1. The Morgan fingerprint density at radius 3 is 2.78 bits per heavy atom. The molecule has 4 rings (SSSR count). The first-order valence-electron chi connectivity index (χ1n) is 10.3. The molecule has 1 aliphatic heterocycles. The summed E-state index contributed by atoms with van der Waals surface area (Å²) in [5, 5.41) is 4.16. The quantitative estimate of drug-likeness (QED) is 0.405. The monoisotopic (exact) mass is 447 g/mol. The molecule has 0 spiro atoms. The molecule has 164 valence electrons. The molecule has 2 aromatic carbocycles. The Balaban J connectivity index is 1.48. The number of allylic oxidation sites excluding steroid dienone is 1. The number of nitrogens with two attached hydrogens (primary N) is 1. The van der Waals surface area contributed by atoms with Gasteiger partial charge in [0.2, 0.25) is 11.8 Å². The number of carbonyl (C=O) groups is 1. The number of aromatic nitrogens is 1. The van der Waals surface area contributed by atoms with Crippen LogP contribution >= 0.6 is 11.3 Å². The summed E-state index contributed by atoms with van der Waals surface area (Å²) in [4.78, 5) is 22.4. The summed E-state index contributed by atoms with van der Waals surface area (Å²) < 4.78 is 7.14. The van der Waals surface area contributed by atoms with E-state index < -0.39 is 0 Å². The number of anilines is 2. The van der Waals surface area contributed by atoms with Crippen LogP contribution in [0.15, 0.2) is 77.8 Å². The lowest BCUT2D eigenvalue weighted by atomic mass is 10.1. The molecule has 0 saturated carbocycles. The summed E-state index contributed by atoms with van der Waals surface area (Å²) in [6, 6.07) is 15.6. The van der Waals surface area contributed by atoms with Crippen molar-refractivity contribution in [3.63, 3.8) is 0 Å². The Bertz CT molecular complexity index is 1150. The van der Waals surface area contributed by atoms with Crippen molar-refractivity contribution in [2.45, 2.75) is 13.3 Å². The third kappa shape index (κ3) is 4.97. The Morgan fingerprint density at radius 2 is 2.09 bits per heavy atom. The first-order chi connectivity index (χ1) is 15.5. The zero-order valence-electron chi connectivity index (χ0n) is 17.8. The zero-order chi connectivity index (χ0) is 22.5. The Labute approximate surface area is 190 Å². The second-order valence-electron chi connectivity index (χ2n) is 7.46. The van der Waals surface area contributed by atoms with Gasteiger partial charge in [0.25, 0.3) is 0 Å². The number of hydrogen-bond donors (Lipinski definition) is 2. The van der Waals surface area contributed by atoms with Gasteiger partial charge in [0.15, 0.2) is 5.13 Å². The van der Waals surface area contributed by atoms with Gasteiger partial charge in [-0.05, 0) is 42.8 Å². The number of aliphatic imine (C=N–C) groups is 1. The maximum Gasteiger partial charge on any atom is 0.238 e. The first-order valence-corrected chi connectivity index (χ1v) is 11.2. The van der Waals surface area contributed by atoms with Crippen LogP contribution in [0, 0.1) is 5.92 Å². The van der Waals surface area contributed by atoms with Crippen LogP contribution in [0.5, 0.6) is 5.75 Å². The highest BCUT2D eigenvalue weighted by Crippen LogP contribution is 2.30. The molecule has 1 saturated heterocycles. The van der Waals surface area contributed by atoms with Gasteiger partial charge in [0, 0.05) is 37.8 Å². The number of rotatable bonds is 7. The van der Waals surface area contributed by atoms with Gasteiger partial charge in [-0.1, -0.05) is 36.1 Å². The number of fused-ring (bicyclic) bond motifs is 1. The predicted octanol–water partition coefficient (Wildman–Crippen LogP) is 4.67. The molecule has 1 atom stereocenters. The van der Waals surface area contributed by atoms with Crippen molar-refractivity contribution in [2.24, 2.45) is 16.6 Å². The molecule has 1 aliphatic rings. The Kier molecular flexibility index (Phi) is 6.51. The third-order valence-corrected chi connectivity index (χ3v) is 6.18. The van der Waals surface area contributed by atoms with Crippen molar-refractivity contribution in [1.29, 1.82) is 0 Å². The van der Waals surface area contributed by atoms with Crippen molar-refractivity contribution in [1.82, 2.24) is 9.88 Å². The summed E-state index contributed by atoms with van der Waals surface area (Å²) in [6.07, 6.45) is 3.90. The molecule has 0 unspecified atom stereocenters. The molecule has 8 heteroatoms. The van der Waals surface area contributed by atoms with E-state index in [0.29, 0.717) is 30.4 Å². The van der Waals surface area contributed by atoms with E-state index in [2.05, 4.69) is 27.9 Å². The van der Waals surface area contributed by atoms with E-state index in [1.54, 1.807) is 35.5 Å². The van der Waals surface area contributed by atoms with E-state index in [1.165, 1.54) is 0 Å². The first kappa shape index (κ1) is 21.6. The van der Waals surface area contributed by atoms with E-state index in [1.807, 2.05) is 42.5 Å². The number of carbonyl (C=O) groups excluding carboxylic acids is 1. The largest absolute Gasteiger partial charge is 0.437 e. The molecule has 1 aromatic heterocycles.